The molecule has 1 rings (SSSR count). The standard InChI is InChI=1S/C9H16N4O/c1-3-6(2)4-11-9(14)7-5-12-13-8(7)10/h5-6H,3-4H2,1-2H3,(H,11,14)(H3,10,12,13). The van der Waals surface area contributed by atoms with Crippen LogP contribution in [0.5, 0.6) is 0 Å². The molecule has 1 aromatic heterocycles. The lowest BCUT2D eigenvalue weighted by Gasteiger charge is -2.09. The molecule has 0 radical (unpaired) electrons. The number of nitrogen functional groups attached to an aromatic ring is 1. The number of rotatable bonds is 4. The van der Waals surface area contributed by atoms with Crippen LogP contribution >= 0.6 is 0 Å². The zero-order valence-electron chi connectivity index (χ0n) is 8.50. The normalized spacial score (nSPS) is 12.4. The fourth-order valence-corrected chi connectivity index (χ4v) is 0.984. The van der Waals surface area contributed by atoms with E-state index in [0.717, 1.165) is 6.42 Å². The highest BCUT2D eigenvalue weighted by molar-refractivity contribution is 5.98. The predicted molar refractivity (Wildman–Crippen MR) is 54.8 cm³/mol. The molecule has 1 heterocycles. The topological polar surface area (TPSA) is 83.8 Å². The van der Waals surface area contributed by atoms with E-state index in [-0.39, 0.29) is 5.91 Å². The van der Waals surface area contributed by atoms with E-state index in [9.17, 15) is 4.79 Å². The Bertz CT molecular complexity index is 308. The Balaban J connectivity index is 2.47. The second-order valence-corrected chi connectivity index (χ2v) is 3.42. The summed E-state index contributed by atoms with van der Waals surface area (Å²) in [4.78, 5) is 11.5. The van der Waals surface area contributed by atoms with Crippen LogP contribution in [0, 0.1) is 5.92 Å². The van der Waals surface area contributed by atoms with Gasteiger partial charge in [-0.3, -0.25) is 9.89 Å². The maximum atomic E-state index is 11.5. The number of aromatic amines is 1. The number of nitrogens with zero attached hydrogens (tertiary/aromatic N) is 1. The lowest BCUT2D eigenvalue weighted by Crippen LogP contribution is -2.28. The first-order valence-corrected chi connectivity index (χ1v) is 4.72. The molecule has 0 aliphatic carbocycles. The largest absolute Gasteiger partial charge is 0.383 e. The van der Waals surface area contributed by atoms with Gasteiger partial charge in [-0.25, -0.2) is 0 Å². The number of anilines is 1. The first-order chi connectivity index (χ1) is 6.65. The molecule has 0 saturated carbocycles. The van der Waals surface area contributed by atoms with Crippen LogP contribution in [0.1, 0.15) is 30.6 Å². The fourth-order valence-electron chi connectivity index (χ4n) is 0.984. The molecule has 1 atom stereocenters. The molecule has 0 saturated heterocycles. The van der Waals surface area contributed by atoms with E-state index in [0.29, 0.717) is 23.8 Å². The molecular weight excluding hydrogens is 180 g/mol. The van der Waals surface area contributed by atoms with Crippen LogP contribution in [-0.4, -0.2) is 22.6 Å². The molecule has 0 fully saturated rings. The van der Waals surface area contributed by atoms with Crippen LogP contribution in [0.2, 0.25) is 0 Å². The van der Waals surface area contributed by atoms with Crippen molar-refractivity contribution in [3.63, 3.8) is 0 Å². The molecule has 1 unspecified atom stereocenters. The average Bonchev–Trinajstić information content (AvgIpc) is 2.60. The molecule has 0 aliphatic heterocycles. The van der Waals surface area contributed by atoms with Gasteiger partial charge in [-0.1, -0.05) is 20.3 Å². The molecule has 0 spiro atoms. The van der Waals surface area contributed by atoms with Crippen LogP contribution < -0.4 is 11.1 Å². The Hall–Kier alpha value is -1.52. The number of carbonyl (C=O) groups is 1. The van der Waals surface area contributed by atoms with Gasteiger partial charge in [0.25, 0.3) is 5.91 Å². The minimum atomic E-state index is -0.170. The smallest absolute Gasteiger partial charge is 0.256 e. The Morgan fingerprint density at radius 3 is 3.00 bits per heavy atom. The highest BCUT2D eigenvalue weighted by atomic mass is 16.1. The number of amides is 1. The average molecular weight is 196 g/mol. The summed E-state index contributed by atoms with van der Waals surface area (Å²) in [5, 5.41) is 8.99. The number of hydrogen-bond donors (Lipinski definition) is 3. The van der Waals surface area contributed by atoms with E-state index in [1.165, 1.54) is 6.20 Å². The highest BCUT2D eigenvalue weighted by Crippen LogP contribution is 2.06. The number of carbonyl (C=O) groups excluding carboxylic acids is 1. The van der Waals surface area contributed by atoms with Crippen molar-refractivity contribution in [2.75, 3.05) is 12.3 Å². The predicted octanol–water partition coefficient (Wildman–Crippen LogP) is 0.768. The number of nitrogens with two attached hydrogens (primary N) is 1. The summed E-state index contributed by atoms with van der Waals surface area (Å²) < 4.78 is 0. The quantitative estimate of drug-likeness (QED) is 0.665. The summed E-state index contributed by atoms with van der Waals surface area (Å²) in [7, 11) is 0. The van der Waals surface area contributed by atoms with Gasteiger partial charge < -0.3 is 11.1 Å². The monoisotopic (exact) mass is 196 g/mol. The van der Waals surface area contributed by atoms with E-state index < -0.39 is 0 Å². The Kier molecular flexibility index (Phi) is 3.50. The molecule has 1 aromatic rings. The summed E-state index contributed by atoms with van der Waals surface area (Å²) in [6, 6.07) is 0. The SMILES string of the molecule is CCC(C)CNC(=O)c1cn[nH]c1N. The molecule has 0 aromatic carbocycles. The van der Waals surface area contributed by atoms with Crippen molar-refractivity contribution in [3.05, 3.63) is 11.8 Å². The van der Waals surface area contributed by atoms with E-state index in [4.69, 9.17) is 5.73 Å². The number of aromatic nitrogens is 2. The lowest BCUT2D eigenvalue weighted by atomic mass is 10.1. The van der Waals surface area contributed by atoms with Crippen LogP contribution in [0.4, 0.5) is 5.82 Å². The maximum absolute atomic E-state index is 11.5. The lowest BCUT2D eigenvalue weighted by molar-refractivity contribution is 0.0949. The summed E-state index contributed by atoms with van der Waals surface area (Å²) in [6.07, 6.45) is 2.47. The zero-order chi connectivity index (χ0) is 10.6. The van der Waals surface area contributed by atoms with Crippen LogP contribution in [0.15, 0.2) is 6.20 Å². The van der Waals surface area contributed by atoms with Gasteiger partial charge in [0, 0.05) is 6.54 Å². The molecule has 14 heavy (non-hydrogen) atoms. The number of nitrogens with one attached hydrogen (secondary N) is 2. The second-order valence-electron chi connectivity index (χ2n) is 3.42. The minimum Gasteiger partial charge on any atom is -0.383 e. The molecule has 0 aliphatic rings. The Labute approximate surface area is 83.1 Å². The summed E-state index contributed by atoms with van der Waals surface area (Å²) in [6.45, 7) is 4.84. The van der Waals surface area contributed by atoms with Gasteiger partial charge in [-0.2, -0.15) is 5.10 Å². The van der Waals surface area contributed by atoms with E-state index in [1.807, 2.05) is 0 Å². The van der Waals surface area contributed by atoms with Crippen molar-refractivity contribution in [2.24, 2.45) is 5.92 Å². The molecule has 78 valence electrons. The summed E-state index contributed by atoms with van der Waals surface area (Å²) >= 11 is 0. The van der Waals surface area contributed by atoms with Gasteiger partial charge in [-0.05, 0) is 5.92 Å². The van der Waals surface area contributed by atoms with Crippen molar-refractivity contribution in [1.82, 2.24) is 15.5 Å². The van der Waals surface area contributed by atoms with Gasteiger partial charge in [0.05, 0.1) is 6.20 Å². The van der Waals surface area contributed by atoms with Gasteiger partial charge in [0.1, 0.15) is 11.4 Å². The van der Waals surface area contributed by atoms with Crippen molar-refractivity contribution in [3.8, 4) is 0 Å². The third-order valence-corrected chi connectivity index (χ3v) is 2.22. The number of H-pyrrole nitrogens is 1. The van der Waals surface area contributed by atoms with Gasteiger partial charge in [0.15, 0.2) is 0 Å². The van der Waals surface area contributed by atoms with Gasteiger partial charge in [0.2, 0.25) is 0 Å². The fraction of sp³-hybridized carbons (Fsp3) is 0.556. The van der Waals surface area contributed by atoms with Crippen molar-refractivity contribution in [1.29, 1.82) is 0 Å². The van der Waals surface area contributed by atoms with Crippen LogP contribution in [0.3, 0.4) is 0 Å². The maximum Gasteiger partial charge on any atom is 0.256 e. The zero-order valence-corrected chi connectivity index (χ0v) is 8.50. The minimum absolute atomic E-state index is 0.170. The molecule has 0 bridgehead atoms. The van der Waals surface area contributed by atoms with E-state index >= 15 is 0 Å². The van der Waals surface area contributed by atoms with Crippen molar-refractivity contribution < 1.29 is 4.79 Å². The second kappa shape index (κ2) is 4.64. The third-order valence-electron chi connectivity index (χ3n) is 2.22. The summed E-state index contributed by atoms with van der Waals surface area (Å²) in [5.74, 6) is 0.621. The first kappa shape index (κ1) is 10.6. The van der Waals surface area contributed by atoms with E-state index in [2.05, 4.69) is 29.4 Å². The Morgan fingerprint density at radius 2 is 2.50 bits per heavy atom. The molecule has 5 heteroatoms. The molecule has 5 nitrogen and oxygen atoms in total. The van der Waals surface area contributed by atoms with E-state index in [1.54, 1.807) is 0 Å². The van der Waals surface area contributed by atoms with Gasteiger partial charge in [-0.15, -0.1) is 0 Å². The first-order valence-electron chi connectivity index (χ1n) is 4.72. The summed E-state index contributed by atoms with van der Waals surface area (Å²) in [5.41, 5.74) is 5.91. The van der Waals surface area contributed by atoms with Gasteiger partial charge >= 0.3 is 0 Å². The van der Waals surface area contributed by atoms with Crippen LogP contribution in [-0.2, 0) is 0 Å². The van der Waals surface area contributed by atoms with Crippen LogP contribution in [0.25, 0.3) is 0 Å². The Morgan fingerprint density at radius 1 is 1.79 bits per heavy atom. The molecule has 1 amide bonds. The molecule has 4 N–H and O–H groups in total. The van der Waals surface area contributed by atoms with Crippen molar-refractivity contribution >= 4 is 11.7 Å². The highest BCUT2D eigenvalue weighted by Gasteiger charge is 2.11. The van der Waals surface area contributed by atoms with Crippen molar-refractivity contribution in [2.45, 2.75) is 20.3 Å². The molecular formula is C9H16N4O. The third kappa shape index (κ3) is 2.48. The number of hydrogen-bond acceptors (Lipinski definition) is 3.